The van der Waals surface area contributed by atoms with E-state index in [0.717, 1.165) is 16.7 Å². The summed E-state index contributed by atoms with van der Waals surface area (Å²) in [6, 6.07) is 76.1. The summed E-state index contributed by atoms with van der Waals surface area (Å²) in [5.41, 5.74) is 10.1. The van der Waals surface area contributed by atoms with E-state index in [1.807, 2.05) is 60.7 Å². The van der Waals surface area contributed by atoms with Crippen molar-refractivity contribution < 1.29 is 0 Å². The molecule has 0 saturated heterocycles. The molecule has 0 spiro atoms. The molecule has 0 saturated carbocycles. The average molecular weight is 794 g/mol. The normalized spacial score (nSPS) is 11.6. The van der Waals surface area contributed by atoms with E-state index in [9.17, 15) is 0 Å². The number of hydrogen-bond acceptors (Lipinski definition) is 4. The Morgan fingerprint density at radius 3 is 1.13 bits per heavy atom. The van der Waals surface area contributed by atoms with Crippen LogP contribution in [0.1, 0.15) is 0 Å². The van der Waals surface area contributed by atoms with Gasteiger partial charge in [-0.25, -0.2) is 15.0 Å². The standard InChI is InChI=1S/C57H35N3S/c1-3-13-36(14-4-1)55-58-56(37-15-5-2-6-16-37)60-57(59-55)44-26-29-50-52-34-43(27-30-53(52)61-54(50)35-44)41-20-12-18-39(32-41)38-17-11-19-40(31-38)42-25-28-49-47-23-8-7-21-45(47)46-22-9-10-24-48(46)51(49)33-42/h1-35H. The number of benzene rings is 10. The number of rotatable bonds is 6. The van der Waals surface area contributed by atoms with Gasteiger partial charge in [0, 0.05) is 36.9 Å². The van der Waals surface area contributed by atoms with E-state index in [1.165, 1.54) is 85.9 Å². The molecule has 0 N–H and O–H groups in total. The fourth-order valence-electron chi connectivity index (χ4n) is 8.88. The fourth-order valence-corrected chi connectivity index (χ4v) is 10.0. The van der Waals surface area contributed by atoms with Gasteiger partial charge >= 0.3 is 0 Å². The molecule has 0 unspecified atom stereocenters. The molecular weight excluding hydrogens is 759 g/mol. The van der Waals surface area contributed by atoms with E-state index in [2.05, 4.69) is 152 Å². The second kappa shape index (κ2) is 14.5. The molecule has 0 bridgehead atoms. The maximum Gasteiger partial charge on any atom is 0.164 e. The molecular formula is C57H35N3S. The van der Waals surface area contributed by atoms with Gasteiger partial charge in [-0.3, -0.25) is 0 Å². The Labute approximate surface area is 356 Å². The fraction of sp³-hybridized carbons (Fsp3) is 0. The summed E-state index contributed by atoms with van der Waals surface area (Å²) < 4.78 is 2.45. The van der Waals surface area contributed by atoms with Gasteiger partial charge in [0.25, 0.3) is 0 Å². The highest BCUT2D eigenvalue weighted by Crippen LogP contribution is 2.41. The van der Waals surface area contributed by atoms with Crippen LogP contribution in [-0.2, 0) is 0 Å². The predicted molar refractivity (Wildman–Crippen MR) is 258 cm³/mol. The molecule has 0 atom stereocenters. The highest BCUT2D eigenvalue weighted by atomic mass is 32.1. The van der Waals surface area contributed by atoms with Crippen LogP contribution in [0.3, 0.4) is 0 Å². The molecule has 2 heterocycles. The van der Waals surface area contributed by atoms with E-state index >= 15 is 0 Å². The van der Waals surface area contributed by atoms with Gasteiger partial charge in [-0.2, -0.15) is 0 Å². The van der Waals surface area contributed by atoms with Crippen LogP contribution in [0.5, 0.6) is 0 Å². The summed E-state index contributed by atoms with van der Waals surface area (Å²) in [5.74, 6) is 1.99. The van der Waals surface area contributed by atoms with Gasteiger partial charge in [-0.1, -0.05) is 176 Å². The van der Waals surface area contributed by atoms with E-state index in [4.69, 9.17) is 15.0 Å². The van der Waals surface area contributed by atoms with Crippen LogP contribution >= 0.6 is 11.3 Å². The molecule has 4 heteroatoms. The van der Waals surface area contributed by atoms with E-state index < -0.39 is 0 Å². The molecule has 0 amide bonds. The molecule has 0 aliphatic rings. The van der Waals surface area contributed by atoms with E-state index in [1.54, 1.807) is 11.3 Å². The van der Waals surface area contributed by atoms with Gasteiger partial charge in [-0.05, 0) is 102 Å². The van der Waals surface area contributed by atoms with Crippen LogP contribution in [0.15, 0.2) is 212 Å². The number of aromatic nitrogens is 3. The summed E-state index contributed by atoms with van der Waals surface area (Å²) in [6.07, 6.45) is 0. The first-order valence-corrected chi connectivity index (χ1v) is 21.4. The predicted octanol–water partition coefficient (Wildman–Crippen LogP) is 15.7. The number of thiophene rings is 1. The molecule has 10 aromatic carbocycles. The Morgan fingerprint density at radius 1 is 0.213 bits per heavy atom. The molecule has 0 radical (unpaired) electrons. The molecule has 12 aromatic rings. The van der Waals surface area contributed by atoms with Crippen molar-refractivity contribution in [1.29, 1.82) is 0 Å². The van der Waals surface area contributed by atoms with Gasteiger partial charge in [-0.15, -0.1) is 11.3 Å². The summed E-state index contributed by atoms with van der Waals surface area (Å²) in [7, 11) is 0. The zero-order valence-corrected chi connectivity index (χ0v) is 33.8. The molecule has 3 nitrogen and oxygen atoms in total. The van der Waals surface area contributed by atoms with Crippen molar-refractivity contribution in [3.05, 3.63) is 212 Å². The van der Waals surface area contributed by atoms with Gasteiger partial charge < -0.3 is 0 Å². The largest absolute Gasteiger partial charge is 0.208 e. The molecule has 12 rings (SSSR count). The molecule has 2 aromatic heterocycles. The molecule has 284 valence electrons. The smallest absolute Gasteiger partial charge is 0.164 e. The first kappa shape index (κ1) is 35.2. The summed E-state index contributed by atoms with van der Waals surface area (Å²) in [5, 5.41) is 10.2. The molecule has 0 aliphatic carbocycles. The third-order valence-electron chi connectivity index (χ3n) is 11.9. The molecule has 0 aliphatic heterocycles. The lowest BCUT2D eigenvalue weighted by molar-refractivity contribution is 1.07. The monoisotopic (exact) mass is 793 g/mol. The molecule has 0 fully saturated rings. The Kier molecular flexibility index (Phi) is 8.36. The highest BCUT2D eigenvalue weighted by molar-refractivity contribution is 7.25. The highest BCUT2D eigenvalue weighted by Gasteiger charge is 2.15. The third-order valence-corrected chi connectivity index (χ3v) is 13.0. The minimum absolute atomic E-state index is 0.663. The third kappa shape index (κ3) is 6.24. The van der Waals surface area contributed by atoms with Gasteiger partial charge in [0.05, 0.1) is 0 Å². The summed E-state index contributed by atoms with van der Waals surface area (Å²) in [6.45, 7) is 0. The van der Waals surface area contributed by atoms with Crippen LogP contribution in [0.2, 0.25) is 0 Å². The summed E-state index contributed by atoms with van der Waals surface area (Å²) in [4.78, 5) is 14.9. The minimum atomic E-state index is 0.663. The molecule has 61 heavy (non-hydrogen) atoms. The Morgan fingerprint density at radius 2 is 0.590 bits per heavy atom. The maximum atomic E-state index is 4.98. The topological polar surface area (TPSA) is 38.7 Å². The number of fused-ring (bicyclic) bond motifs is 9. The van der Waals surface area contributed by atoms with Gasteiger partial charge in [0.1, 0.15) is 0 Å². The summed E-state index contributed by atoms with van der Waals surface area (Å²) >= 11 is 1.81. The van der Waals surface area contributed by atoms with Gasteiger partial charge in [0.2, 0.25) is 0 Å². The SMILES string of the molecule is c1ccc(-c2nc(-c3ccccc3)nc(-c3ccc4c(c3)sc3ccc(-c5cccc(-c6cccc(-c7ccc8c9ccccc9c9ccccc9c8c7)c6)c5)cc34)n2)cc1. The average Bonchev–Trinajstić information content (AvgIpc) is 3.72. The maximum absolute atomic E-state index is 4.98. The second-order valence-corrected chi connectivity index (χ2v) is 16.7. The first-order valence-electron chi connectivity index (χ1n) is 20.6. The lowest BCUT2D eigenvalue weighted by Gasteiger charge is -2.13. The second-order valence-electron chi connectivity index (χ2n) is 15.6. The first-order chi connectivity index (χ1) is 30.2. The Hall–Kier alpha value is -7.79. The van der Waals surface area contributed by atoms with Gasteiger partial charge in [0.15, 0.2) is 17.5 Å². The lowest BCUT2D eigenvalue weighted by Crippen LogP contribution is -1.99. The minimum Gasteiger partial charge on any atom is -0.208 e. The van der Waals surface area contributed by atoms with Crippen molar-refractivity contribution in [3.63, 3.8) is 0 Å². The van der Waals surface area contributed by atoms with Crippen molar-refractivity contribution in [2.75, 3.05) is 0 Å². The van der Waals surface area contributed by atoms with Crippen molar-refractivity contribution in [1.82, 2.24) is 15.0 Å². The van der Waals surface area contributed by atoms with Crippen LogP contribution < -0.4 is 0 Å². The lowest BCUT2D eigenvalue weighted by atomic mass is 9.91. The van der Waals surface area contributed by atoms with Crippen LogP contribution in [0.25, 0.3) is 120 Å². The van der Waals surface area contributed by atoms with Crippen molar-refractivity contribution in [3.8, 4) is 67.5 Å². The zero-order valence-electron chi connectivity index (χ0n) is 33.0. The van der Waals surface area contributed by atoms with Crippen molar-refractivity contribution in [2.24, 2.45) is 0 Å². The van der Waals surface area contributed by atoms with Crippen molar-refractivity contribution >= 4 is 63.8 Å². The Bertz CT molecular complexity index is 3560. The number of nitrogens with zero attached hydrogens (tertiary/aromatic N) is 3. The van der Waals surface area contributed by atoms with Crippen LogP contribution in [0.4, 0.5) is 0 Å². The van der Waals surface area contributed by atoms with E-state index in [0.29, 0.717) is 17.5 Å². The number of hydrogen-bond donors (Lipinski definition) is 0. The Balaban J connectivity index is 0.889. The van der Waals surface area contributed by atoms with Crippen LogP contribution in [-0.4, -0.2) is 15.0 Å². The van der Waals surface area contributed by atoms with E-state index in [-0.39, 0.29) is 0 Å². The van der Waals surface area contributed by atoms with Crippen LogP contribution in [0, 0.1) is 0 Å². The van der Waals surface area contributed by atoms with Crippen molar-refractivity contribution in [2.45, 2.75) is 0 Å². The quantitative estimate of drug-likeness (QED) is 0.157. The zero-order chi connectivity index (χ0) is 40.3.